The summed E-state index contributed by atoms with van der Waals surface area (Å²) in [7, 11) is 0. The number of unbranched alkanes of at least 4 members (excludes halogenated alkanes) is 1. The van der Waals surface area contributed by atoms with Crippen LogP contribution in [0.3, 0.4) is 0 Å². The molecule has 2 unspecified atom stereocenters. The average molecular weight is 226 g/mol. The van der Waals surface area contributed by atoms with Crippen LogP contribution < -0.4 is 5.32 Å². The summed E-state index contributed by atoms with van der Waals surface area (Å²) in [6, 6.07) is 1.40. The maximum Gasteiger partial charge on any atom is 0.0244 e. The van der Waals surface area contributed by atoms with Gasteiger partial charge >= 0.3 is 0 Å². The second-order valence-electron chi connectivity index (χ2n) is 6.24. The molecule has 2 nitrogen and oxygen atoms in total. The predicted octanol–water partition coefficient (Wildman–Crippen LogP) is 2.89. The van der Waals surface area contributed by atoms with E-state index in [9.17, 15) is 0 Å². The number of nitrogens with one attached hydrogen (secondary N) is 1. The molecule has 0 saturated carbocycles. The zero-order valence-corrected chi connectivity index (χ0v) is 11.8. The third-order valence-corrected chi connectivity index (χ3v) is 3.85. The van der Waals surface area contributed by atoms with Gasteiger partial charge in [0.2, 0.25) is 0 Å². The fourth-order valence-corrected chi connectivity index (χ4v) is 2.47. The van der Waals surface area contributed by atoms with Crippen molar-refractivity contribution in [1.29, 1.82) is 0 Å². The van der Waals surface area contributed by atoms with Crippen LogP contribution in [0.15, 0.2) is 0 Å². The van der Waals surface area contributed by atoms with Crippen LogP contribution >= 0.6 is 0 Å². The highest BCUT2D eigenvalue weighted by molar-refractivity contribution is 4.91. The van der Waals surface area contributed by atoms with Crippen molar-refractivity contribution in [3.8, 4) is 0 Å². The maximum absolute atomic E-state index is 3.72. The molecule has 1 fully saturated rings. The second-order valence-corrected chi connectivity index (χ2v) is 6.24. The Morgan fingerprint density at radius 1 is 1.25 bits per heavy atom. The smallest absolute Gasteiger partial charge is 0.0244 e. The van der Waals surface area contributed by atoms with E-state index in [0.29, 0.717) is 11.5 Å². The monoisotopic (exact) mass is 226 g/mol. The Hall–Kier alpha value is -0.0800. The number of rotatable bonds is 4. The highest BCUT2D eigenvalue weighted by Gasteiger charge is 2.32. The lowest BCUT2D eigenvalue weighted by atomic mass is 9.84. The van der Waals surface area contributed by atoms with E-state index in [2.05, 4.69) is 44.8 Å². The summed E-state index contributed by atoms with van der Waals surface area (Å²) in [4.78, 5) is 2.70. The van der Waals surface area contributed by atoms with Crippen molar-refractivity contribution in [2.24, 2.45) is 5.41 Å². The van der Waals surface area contributed by atoms with Gasteiger partial charge in [-0.3, -0.25) is 4.90 Å². The van der Waals surface area contributed by atoms with E-state index in [-0.39, 0.29) is 0 Å². The molecular formula is C14H30N2. The summed E-state index contributed by atoms with van der Waals surface area (Å²) in [5.41, 5.74) is 0.378. The Balaban J connectivity index is 2.54. The molecule has 0 aliphatic carbocycles. The Morgan fingerprint density at radius 3 is 2.44 bits per heavy atom. The molecule has 0 bridgehead atoms. The van der Waals surface area contributed by atoms with Gasteiger partial charge in [-0.25, -0.2) is 0 Å². The molecule has 1 heterocycles. The highest BCUT2D eigenvalue weighted by atomic mass is 15.2. The van der Waals surface area contributed by atoms with Crippen LogP contribution in [0.5, 0.6) is 0 Å². The lowest BCUT2D eigenvalue weighted by Crippen LogP contribution is -2.60. The minimum atomic E-state index is 0.378. The van der Waals surface area contributed by atoms with Gasteiger partial charge in [0.1, 0.15) is 0 Å². The van der Waals surface area contributed by atoms with Crippen molar-refractivity contribution in [2.45, 2.75) is 66.0 Å². The van der Waals surface area contributed by atoms with Gasteiger partial charge in [-0.15, -0.1) is 0 Å². The standard InChI is InChI=1S/C14H30N2/c1-6-8-9-16-11-13(14(3,4)5)15-10-12(16)7-2/h12-13,15H,6-11H2,1-5H3. The zero-order valence-electron chi connectivity index (χ0n) is 11.8. The van der Waals surface area contributed by atoms with Gasteiger partial charge < -0.3 is 5.32 Å². The van der Waals surface area contributed by atoms with E-state index in [0.717, 1.165) is 6.04 Å². The highest BCUT2D eigenvalue weighted by Crippen LogP contribution is 2.24. The van der Waals surface area contributed by atoms with Gasteiger partial charge in [-0.1, -0.05) is 41.0 Å². The summed E-state index contributed by atoms with van der Waals surface area (Å²) < 4.78 is 0. The summed E-state index contributed by atoms with van der Waals surface area (Å²) >= 11 is 0. The third-order valence-electron chi connectivity index (χ3n) is 3.85. The molecule has 1 aliphatic rings. The van der Waals surface area contributed by atoms with E-state index in [4.69, 9.17) is 0 Å². The first-order valence-corrected chi connectivity index (χ1v) is 6.96. The SMILES string of the molecule is CCCCN1CC(C(C)(C)C)NCC1CC. The van der Waals surface area contributed by atoms with Crippen LogP contribution in [0, 0.1) is 5.41 Å². The molecule has 2 heteroatoms. The van der Waals surface area contributed by atoms with E-state index in [1.54, 1.807) is 0 Å². The van der Waals surface area contributed by atoms with Crippen LogP contribution in [0.1, 0.15) is 53.9 Å². The number of hydrogen-bond donors (Lipinski definition) is 1. The van der Waals surface area contributed by atoms with Crippen LogP contribution in [-0.4, -0.2) is 36.6 Å². The van der Waals surface area contributed by atoms with Gasteiger partial charge in [0.25, 0.3) is 0 Å². The van der Waals surface area contributed by atoms with Crippen LogP contribution in [0.4, 0.5) is 0 Å². The zero-order chi connectivity index (χ0) is 12.2. The first-order chi connectivity index (χ1) is 7.49. The Kier molecular flexibility index (Phi) is 5.26. The van der Waals surface area contributed by atoms with Crippen molar-refractivity contribution in [2.75, 3.05) is 19.6 Å². The molecule has 16 heavy (non-hydrogen) atoms. The molecule has 1 N–H and O–H groups in total. The molecule has 2 atom stereocenters. The molecule has 1 rings (SSSR count). The van der Waals surface area contributed by atoms with Crippen molar-refractivity contribution >= 4 is 0 Å². The fourth-order valence-electron chi connectivity index (χ4n) is 2.47. The van der Waals surface area contributed by atoms with E-state index >= 15 is 0 Å². The van der Waals surface area contributed by atoms with Gasteiger partial charge in [-0.05, 0) is 24.8 Å². The molecular weight excluding hydrogens is 196 g/mol. The summed E-state index contributed by atoms with van der Waals surface area (Å²) in [5.74, 6) is 0. The Labute approximate surface area is 102 Å². The summed E-state index contributed by atoms with van der Waals surface area (Å²) in [5, 5.41) is 3.72. The lowest BCUT2D eigenvalue weighted by Gasteiger charge is -2.45. The van der Waals surface area contributed by atoms with Crippen molar-refractivity contribution < 1.29 is 0 Å². The van der Waals surface area contributed by atoms with Crippen molar-refractivity contribution in [3.63, 3.8) is 0 Å². The number of piperazine rings is 1. The first kappa shape index (κ1) is 14.0. The Bertz CT molecular complexity index is 195. The van der Waals surface area contributed by atoms with Crippen molar-refractivity contribution in [3.05, 3.63) is 0 Å². The molecule has 0 aromatic rings. The number of hydrogen-bond acceptors (Lipinski definition) is 2. The number of nitrogens with zero attached hydrogens (tertiary/aromatic N) is 1. The molecule has 1 aliphatic heterocycles. The molecule has 0 amide bonds. The van der Waals surface area contributed by atoms with E-state index < -0.39 is 0 Å². The first-order valence-electron chi connectivity index (χ1n) is 6.96. The summed E-state index contributed by atoms with van der Waals surface area (Å²) in [6.07, 6.45) is 3.92. The van der Waals surface area contributed by atoms with Gasteiger partial charge in [0.15, 0.2) is 0 Å². The van der Waals surface area contributed by atoms with Crippen LogP contribution in [0.2, 0.25) is 0 Å². The normalized spacial score (nSPS) is 28.3. The molecule has 96 valence electrons. The predicted molar refractivity (Wildman–Crippen MR) is 71.8 cm³/mol. The van der Waals surface area contributed by atoms with Crippen molar-refractivity contribution in [1.82, 2.24) is 10.2 Å². The summed E-state index contributed by atoms with van der Waals surface area (Å²) in [6.45, 7) is 15.3. The topological polar surface area (TPSA) is 15.3 Å². The average Bonchev–Trinajstić information content (AvgIpc) is 2.24. The van der Waals surface area contributed by atoms with Crippen LogP contribution in [-0.2, 0) is 0 Å². The third kappa shape index (κ3) is 3.74. The van der Waals surface area contributed by atoms with E-state index in [1.165, 1.54) is 38.9 Å². The fraction of sp³-hybridized carbons (Fsp3) is 1.00. The lowest BCUT2D eigenvalue weighted by molar-refractivity contribution is 0.0825. The molecule has 1 saturated heterocycles. The van der Waals surface area contributed by atoms with Gasteiger partial charge in [0.05, 0.1) is 0 Å². The minimum absolute atomic E-state index is 0.378. The molecule has 0 radical (unpaired) electrons. The quantitative estimate of drug-likeness (QED) is 0.793. The van der Waals surface area contributed by atoms with Crippen LogP contribution in [0.25, 0.3) is 0 Å². The van der Waals surface area contributed by atoms with Gasteiger partial charge in [-0.2, -0.15) is 0 Å². The molecule has 0 aromatic heterocycles. The minimum Gasteiger partial charge on any atom is -0.311 e. The van der Waals surface area contributed by atoms with Gasteiger partial charge in [0, 0.05) is 25.2 Å². The maximum atomic E-state index is 3.72. The largest absolute Gasteiger partial charge is 0.311 e. The second kappa shape index (κ2) is 6.02. The molecule has 0 aromatic carbocycles. The van der Waals surface area contributed by atoms with E-state index in [1.807, 2.05) is 0 Å². The Morgan fingerprint density at radius 2 is 1.94 bits per heavy atom. The molecule has 0 spiro atoms.